The molecule has 5 aromatic heterocycles. The molecule has 0 spiro atoms. The van der Waals surface area contributed by atoms with E-state index in [2.05, 4.69) is 179 Å². The van der Waals surface area contributed by atoms with Gasteiger partial charge in [-0.15, -0.1) is 0 Å². The van der Waals surface area contributed by atoms with Crippen LogP contribution in [0.25, 0.3) is 142 Å². The number of benzene rings is 10. The van der Waals surface area contributed by atoms with Gasteiger partial charge in [0, 0.05) is 53.9 Å². The lowest BCUT2D eigenvalue weighted by molar-refractivity contribution is 0.662. The van der Waals surface area contributed by atoms with E-state index >= 15 is 0 Å². The van der Waals surface area contributed by atoms with Gasteiger partial charge in [-0.05, 0) is 70.1 Å². The summed E-state index contributed by atoms with van der Waals surface area (Å²) in [6.45, 7) is 0. The van der Waals surface area contributed by atoms with Crippen molar-refractivity contribution in [2.24, 2.45) is 0 Å². The second-order valence-corrected chi connectivity index (χ2v) is 16.3. The first-order valence-corrected chi connectivity index (χ1v) is 20.8. The molecule has 15 rings (SSSR count). The maximum absolute atomic E-state index is 7.61. The third kappa shape index (κ3) is 3.96. The van der Waals surface area contributed by atoms with Gasteiger partial charge in [0.1, 0.15) is 11.2 Å². The molecule has 0 aliphatic rings. The van der Waals surface area contributed by atoms with Gasteiger partial charge < -0.3 is 22.4 Å². The molecule has 61 heavy (non-hydrogen) atoms. The zero-order chi connectivity index (χ0) is 39.5. The van der Waals surface area contributed by atoms with E-state index in [1.807, 2.05) is 12.1 Å². The summed E-state index contributed by atoms with van der Waals surface area (Å²) in [6, 6.07) is 64.9. The molecule has 15 aromatic rings. The highest BCUT2D eigenvalue weighted by atomic mass is 16.3. The number of fused-ring (bicyclic) bond motifs is 21. The minimum Gasteiger partial charge on any atom is -0.454 e. The Morgan fingerprint density at radius 1 is 0.279 bits per heavy atom. The minimum absolute atomic E-state index is 0.816. The van der Waals surface area contributed by atoms with Crippen molar-refractivity contribution < 1.29 is 13.3 Å². The highest BCUT2D eigenvalue weighted by molar-refractivity contribution is 6.31. The molecule has 0 aliphatic heterocycles. The molecule has 5 nitrogen and oxygen atoms in total. The quantitative estimate of drug-likeness (QED) is 0.176. The van der Waals surface area contributed by atoms with E-state index < -0.39 is 0 Å². The standard InChI is InChI=1S/C56H30N2O3/c1-3-15-33-31(13-1)29-45(57-43-21-9-5-17-35(43)39-25-27-41-37-19-7-11-23-47(37)59-53(41)51(39)57)55-49(33)50-34-16-4-2-14-32(34)30-46(56(50)61-55)58-44-22-10-6-18-36(44)40-26-28-42-38-20-8-12-24-48(38)60-54(42)52(40)58/h1-30H. The van der Waals surface area contributed by atoms with Crippen LogP contribution in [-0.4, -0.2) is 9.13 Å². The van der Waals surface area contributed by atoms with Crippen LogP contribution in [0.2, 0.25) is 0 Å². The van der Waals surface area contributed by atoms with Gasteiger partial charge in [-0.2, -0.15) is 0 Å². The maximum atomic E-state index is 7.61. The molecule has 0 bridgehead atoms. The first-order valence-electron chi connectivity index (χ1n) is 20.8. The van der Waals surface area contributed by atoms with Crippen molar-refractivity contribution in [2.75, 3.05) is 0 Å². The third-order valence-electron chi connectivity index (χ3n) is 13.3. The fourth-order valence-electron chi connectivity index (χ4n) is 10.7. The average molecular weight is 779 g/mol. The molecule has 5 heteroatoms. The van der Waals surface area contributed by atoms with Gasteiger partial charge >= 0.3 is 0 Å². The number of rotatable bonds is 2. The molecule has 0 radical (unpaired) electrons. The molecule has 0 fully saturated rings. The summed E-state index contributed by atoms with van der Waals surface area (Å²) in [4.78, 5) is 0. The van der Waals surface area contributed by atoms with Crippen molar-refractivity contribution in [1.29, 1.82) is 0 Å². The Balaban J connectivity index is 1.17. The van der Waals surface area contributed by atoms with E-state index in [1.165, 1.54) is 0 Å². The van der Waals surface area contributed by atoms with Crippen LogP contribution in [0.5, 0.6) is 0 Å². The lowest BCUT2D eigenvalue weighted by atomic mass is 9.98. The first kappa shape index (κ1) is 31.7. The Morgan fingerprint density at radius 2 is 0.656 bits per heavy atom. The van der Waals surface area contributed by atoms with Gasteiger partial charge in [0.15, 0.2) is 22.3 Å². The van der Waals surface area contributed by atoms with Crippen molar-refractivity contribution in [3.8, 4) is 11.4 Å². The van der Waals surface area contributed by atoms with E-state index in [0.717, 1.165) is 142 Å². The molecule has 10 aromatic carbocycles. The fraction of sp³-hybridized carbons (Fsp3) is 0. The summed E-state index contributed by atoms with van der Waals surface area (Å²) in [5, 5.41) is 15.7. The lowest BCUT2D eigenvalue weighted by Gasteiger charge is -2.12. The summed E-state index contributed by atoms with van der Waals surface area (Å²) in [7, 11) is 0. The molecular weight excluding hydrogens is 749 g/mol. The number of furan rings is 3. The Morgan fingerprint density at radius 3 is 1.13 bits per heavy atom. The molecular formula is C56H30N2O3. The molecule has 0 saturated carbocycles. The number of hydrogen-bond donors (Lipinski definition) is 0. The predicted octanol–water partition coefficient (Wildman–Crippen LogP) is 15.9. The third-order valence-corrected chi connectivity index (χ3v) is 13.3. The average Bonchev–Trinajstić information content (AvgIpc) is 4.13. The molecule has 0 aliphatic carbocycles. The number of hydrogen-bond acceptors (Lipinski definition) is 3. The van der Waals surface area contributed by atoms with Gasteiger partial charge in [-0.1, -0.05) is 133 Å². The van der Waals surface area contributed by atoms with Gasteiger partial charge in [0.2, 0.25) is 0 Å². The molecule has 0 amide bonds. The van der Waals surface area contributed by atoms with Crippen LogP contribution < -0.4 is 0 Å². The van der Waals surface area contributed by atoms with Crippen LogP contribution in [0.4, 0.5) is 0 Å². The van der Waals surface area contributed by atoms with Gasteiger partial charge in [0.25, 0.3) is 0 Å². The predicted molar refractivity (Wildman–Crippen MR) is 252 cm³/mol. The molecule has 0 unspecified atom stereocenters. The van der Waals surface area contributed by atoms with Crippen LogP contribution in [0.1, 0.15) is 0 Å². The largest absolute Gasteiger partial charge is 0.454 e. The van der Waals surface area contributed by atoms with Crippen LogP contribution in [0.15, 0.2) is 195 Å². The van der Waals surface area contributed by atoms with Crippen molar-refractivity contribution in [3.05, 3.63) is 182 Å². The second kappa shape index (κ2) is 11.3. The van der Waals surface area contributed by atoms with Crippen LogP contribution >= 0.6 is 0 Å². The zero-order valence-electron chi connectivity index (χ0n) is 32.4. The van der Waals surface area contributed by atoms with Crippen molar-refractivity contribution in [3.63, 3.8) is 0 Å². The van der Waals surface area contributed by atoms with Crippen LogP contribution in [0, 0.1) is 0 Å². The minimum atomic E-state index is 0.816. The smallest absolute Gasteiger partial charge is 0.160 e. The lowest BCUT2D eigenvalue weighted by Crippen LogP contribution is -1.95. The summed E-state index contributed by atoms with van der Waals surface area (Å²) < 4.78 is 26.0. The Hall–Kier alpha value is -8.28. The Kier molecular flexibility index (Phi) is 5.85. The topological polar surface area (TPSA) is 49.3 Å². The summed E-state index contributed by atoms with van der Waals surface area (Å²) in [5.74, 6) is 0. The van der Waals surface area contributed by atoms with Gasteiger partial charge in [0.05, 0.1) is 33.4 Å². The number of aromatic nitrogens is 2. The van der Waals surface area contributed by atoms with Crippen molar-refractivity contribution in [1.82, 2.24) is 9.13 Å². The highest BCUT2D eigenvalue weighted by Gasteiger charge is 2.27. The Labute approximate surface area is 345 Å². The van der Waals surface area contributed by atoms with E-state index in [-0.39, 0.29) is 0 Å². The zero-order valence-corrected chi connectivity index (χ0v) is 32.4. The summed E-state index contributed by atoms with van der Waals surface area (Å²) in [6.07, 6.45) is 0. The second-order valence-electron chi connectivity index (χ2n) is 16.3. The summed E-state index contributed by atoms with van der Waals surface area (Å²) >= 11 is 0. The normalized spacial score (nSPS) is 12.6. The van der Waals surface area contributed by atoms with E-state index in [4.69, 9.17) is 13.3 Å². The number of nitrogens with zero attached hydrogens (tertiary/aromatic N) is 2. The first-order chi connectivity index (χ1) is 30.3. The fourth-order valence-corrected chi connectivity index (χ4v) is 10.7. The van der Waals surface area contributed by atoms with Gasteiger partial charge in [-0.25, -0.2) is 0 Å². The molecule has 5 heterocycles. The SMILES string of the molecule is c1ccc2c(c1)cc(-n1c3ccccc3c3ccc4c5ccccc5oc4c31)c1oc3c(-n4c5ccccc5c5ccc6c7ccccc7oc6c54)cc4ccccc4c3c12. The number of para-hydroxylation sites is 4. The Bertz CT molecular complexity index is 4130. The van der Waals surface area contributed by atoms with Crippen LogP contribution in [-0.2, 0) is 0 Å². The van der Waals surface area contributed by atoms with E-state index in [1.54, 1.807) is 0 Å². The monoisotopic (exact) mass is 778 g/mol. The van der Waals surface area contributed by atoms with Crippen LogP contribution in [0.3, 0.4) is 0 Å². The molecule has 0 atom stereocenters. The molecule has 0 saturated heterocycles. The van der Waals surface area contributed by atoms with E-state index in [9.17, 15) is 0 Å². The van der Waals surface area contributed by atoms with Crippen molar-refractivity contribution >= 4 is 131 Å². The summed E-state index contributed by atoms with van der Waals surface area (Å²) in [5.41, 5.74) is 11.2. The van der Waals surface area contributed by atoms with Gasteiger partial charge in [-0.3, -0.25) is 0 Å². The molecule has 0 N–H and O–H groups in total. The highest BCUT2D eigenvalue weighted by Crippen LogP contribution is 2.49. The van der Waals surface area contributed by atoms with Crippen molar-refractivity contribution in [2.45, 2.75) is 0 Å². The van der Waals surface area contributed by atoms with E-state index in [0.29, 0.717) is 0 Å². The molecule has 282 valence electrons. The maximum Gasteiger partial charge on any atom is 0.160 e.